The standard InChI is InChI=1S/C38H37N3S.C15H20N2.C2H6/c1-6-15-32(27-41-31-19-10-9-11-20-31)42-37(8-3)29(7-2)18-14-16-28-22-24-34(36(26-28)40-5)38-33-21-13-12-17-30(33)23-25-35(38)39-4;1-6-10-11-14(9-4)15(16-5)17-12-13(7-2)8-3;1-2/h6-27,39,41H,2,5H2,1,3-4H3;6-11H,2,4-5,12H2,1,3H3;1-2H3/b15-6-,16-14+,29-18-,32-27-,37-8+;10-6-,13-8+,14-11+,17-15?;. The van der Waals surface area contributed by atoms with E-state index in [2.05, 4.69) is 151 Å². The van der Waals surface area contributed by atoms with Crippen LogP contribution in [0.1, 0.15) is 47.1 Å². The van der Waals surface area contributed by atoms with E-state index in [1.54, 1.807) is 23.9 Å². The summed E-state index contributed by atoms with van der Waals surface area (Å²) in [5, 5.41) is 9.10. The maximum atomic E-state index is 4.41. The Morgan fingerprint density at radius 2 is 1.46 bits per heavy atom. The molecule has 0 amide bonds. The zero-order valence-electron chi connectivity index (χ0n) is 37.2. The van der Waals surface area contributed by atoms with Crippen molar-refractivity contribution in [2.24, 2.45) is 15.0 Å². The molecule has 314 valence electrons. The third-order valence-electron chi connectivity index (χ3n) is 8.85. The van der Waals surface area contributed by atoms with Crippen LogP contribution in [0, 0.1) is 0 Å². The predicted molar refractivity (Wildman–Crippen MR) is 280 cm³/mol. The number of nitrogens with one attached hydrogen (secondary N) is 2. The summed E-state index contributed by atoms with van der Waals surface area (Å²) < 4.78 is 0. The monoisotopic (exact) mass is 825 g/mol. The number of benzene rings is 4. The number of hydrogen-bond acceptors (Lipinski definition) is 5. The Bertz CT molecular complexity index is 2360. The van der Waals surface area contributed by atoms with Crippen LogP contribution in [0.2, 0.25) is 0 Å². The van der Waals surface area contributed by atoms with E-state index in [0.29, 0.717) is 12.4 Å². The number of aliphatic imine (C=N–C) groups is 3. The molecular formula is C55H63N5S. The van der Waals surface area contributed by atoms with Crippen molar-refractivity contribution in [2.45, 2.75) is 41.5 Å². The Hall–Kier alpha value is -6.76. The maximum absolute atomic E-state index is 4.41. The lowest BCUT2D eigenvalue weighted by atomic mass is 9.94. The second-order valence-corrected chi connectivity index (χ2v) is 13.7. The average Bonchev–Trinajstić information content (AvgIpc) is 3.31. The topological polar surface area (TPSA) is 61.1 Å². The van der Waals surface area contributed by atoms with Gasteiger partial charge in [-0.1, -0.05) is 185 Å². The van der Waals surface area contributed by atoms with E-state index in [1.807, 2.05) is 115 Å². The fourth-order valence-electron chi connectivity index (χ4n) is 5.76. The molecular weight excluding hydrogens is 763 g/mol. The van der Waals surface area contributed by atoms with Gasteiger partial charge >= 0.3 is 0 Å². The van der Waals surface area contributed by atoms with E-state index in [1.165, 1.54) is 10.8 Å². The van der Waals surface area contributed by atoms with Crippen LogP contribution in [0.3, 0.4) is 0 Å². The lowest BCUT2D eigenvalue weighted by Gasteiger charge is -2.15. The van der Waals surface area contributed by atoms with Crippen molar-refractivity contribution in [2.75, 3.05) is 24.2 Å². The SMILES string of the molecule is C=C/C(=C\C)CN=C(N=C)/C(C=C)=C/C=C\C.C=CC(=C/C=C/c1ccc(-c2c(NC)ccc3ccccc23)c(N=C)c1)/C(=C\C)SC(/C=C\C)=C\Nc1ccccc1.CC. The molecule has 0 bridgehead atoms. The van der Waals surface area contributed by atoms with Gasteiger partial charge in [-0.25, -0.2) is 4.99 Å². The highest BCUT2D eigenvalue weighted by atomic mass is 32.2. The molecule has 4 aromatic rings. The van der Waals surface area contributed by atoms with Crippen LogP contribution in [0.25, 0.3) is 28.0 Å². The van der Waals surface area contributed by atoms with Gasteiger partial charge in [0.1, 0.15) is 0 Å². The van der Waals surface area contributed by atoms with Crippen molar-refractivity contribution in [1.82, 2.24) is 0 Å². The smallest absolute Gasteiger partial charge is 0.154 e. The zero-order valence-corrected chi connectivity index (χ0v) is 38.0. The molecule has 0 atom stereocenters. The molecule has 0 spiro atoms. The first kappa shape index (κ1) is 50.4. The lowest BCUT2D eigenvalue weighted by Crippen LogP contribution is -1.99. The molecule has 2 N–H and O–H groups in total. The Morgan fingerprint density at radius 1 is 0.754 bits per heavy atom. The first-order valence-electron chi connectivity index (χ1n) is 20.4. The number of allylic oxidation sites excluding steroid dienone is 11. The normalized spacial score (nSPS) is 12.7. The molecule has 0 radical (unpaired) electrons. The van der Waals surface area contributed by atoms with Crippen molar-refractivity contribution in [1.29, 1.82) is 0 Å². The number of hydrogen-bond donors (Lipinski definition) is 2. The summed E-state index contributed by atoms with van der Waals surface area (Å²) in [5.41, 5.74) is 9.13. The highest BCUT2D eigenvalue weighted by Crippen LogP contribution is 2.41. The number of anilines is 2. The van der Waals surface area contributed by atoms with Gasteiger partial charge in [-0.3, -0.25) is 9.98 Å². The molecule has 0 aliphatic rings. The number of fused-ring (bicyclic) bond motifs is 1. The summed E-state index contributed by atoms with van der Waals surface area (Å²) in [4.78, 5) is 14.9. The predicted octanol–water partition coefficient (Wildman–Crippen LogP) is 16.1. The van der Waals surface area contributed by atoms with Crippen molar-refractivity contribution in [3.63, 3.8) is 0 Å². The number of amidine groups is 1. The molecule has 0 aliphatic heterocycles. The second-order valence-electron chi connectivity index (χ2n) is 12.6. The van der Waals surface area contributed by atoms with Gasteiger partial charge in [0.25, 0.3) is 0 Å². The van der Waals surface area contributed by atoms with Crippen LogP contribution in [0.5, 0.6) is 0 Å². The van der Waals surface area contributed by atoms with Gasteiger partial charge < -0.3 is 10.6 Å². The lowest BCUT2D eigenvalue weighted by molar-refractivity contribution is 1.16. The minimum Gasteiger partial charge on any atom is -0.388 e. The van der Waals surface area contributed by atoms with Crippen LogP contribution in [-0.2, 0) is 0 Å². The number of para-hydroxylation sites is 1. The fraction of sp³-hybridized carbons (Fsp3) is 0.145. The van der Waals surface area contributed by atoms with E-state index in [9.17, 15) is 0 Å². The average molecular weight is 826 g/mol. The van der Waals surface area contributed by atoms with E-state index in [4.69, 9.17) is 0 Å². The minimum atomic E-state index is 0.551. The van der Waals surface area contributed by atoms with Crippen molar-refractivity contribution in [3.05, 3.63) is 216 Å². The first-order valence-corrected chi connectivity index (χ1v) is 21.2. The van der Waals surface area contributed by atoms with Crippen molar-refractivity contribution < 1.29 is 0 Å². The summed E-state index contributed by atoms with van der Waals surface area (Å²) in [6.45, 7) is 31.5. The van der Waals surface area contributed by atoms with Crippen LogP contribution < -0.4 is 10.6 Å². The molecule has 6 heteroatoms. The first-order chi connectivity index (χ1) is 29.8. The molecule has 0 heterocycles. The molecule has 0 aromatic heterocycles. The maximum Gasteiger partial charge on any atom is 0.154 e. The fourth-order valence-corrected chi connectivity index (χ4v) is 6.72. The second kappa shape index (κ2) is 29.4. The van der Waals surface area contributed by atoms with Gasteiger partial charge in [-0.2, -0.15) is 0 Å². The Labute approximate surface area is 371 Å². The van der Waals surface area contributed by atoms with E-state index >= 15 is 0 Å². The number of nitrogens with zero attached hydrogens (tertiary/aromatic N) is 3. The summed E-state index contributed by atoms with van der Waals surface area (Å²) in [7, 11) is 1.95. The summed E-state index contributed by atoms with van der Waals surface area (Å²) in [6.07, 6.45) is 27.6. The largest absolute Gasteiger partial charge is 0.388 e. The zero-order chi connectivity index (χ0) is 44.8. The highest BCUT2D eigenvalue weighted by molar-refractivity contribution is 8.07. The molecule has 0 fully saturated rings. The van der Waals surface area contributed by atoms with Crippen LogP contribution in [0.15, 0.2) is 225 Å². The Balaban J connectivity index is 0.000000568. The number of thioether (sulfide) groups is 1. The molecule has 0 unspecified atom stereocenters. The molecule has 4 aromatic carbocycles. The molecule has 0 aliphatic carbocycles. The van der Waals surface area contributed by atoms with Gasteiger partial charge in [0, 0.05) is 51.1 Å². The third-order valence-corrected chi connectivity index (χ3v) is 10.0. The Morgan fingerprint density at radius 3 is 2.07 bits per heavy atom. The van der Waals surface area contributed by atoms with Gasteiger partial charge in [-0.15, -0.1) is 0 Å². The van der Waals surface area contributed by atoms with Gasteiger partial charge in [0.15, 0.2) is 5.84 Å². The minimum absolute atomic E-state index is 0.551. The summed E-state index contributed by atoms with van der Waals surface area (Å²) in [5.74, 6) is 0.597. The molecule has 0 saturated heterocycles. The molecule has 61 heavy (non-hydrogen) atoms. The van der Waals surface area contributed by atoms with Crippen LogP contribution >= 0.6 is 11.8 Å². The molecule has 5 nitrogen and oxygen atoms in total. The molecule has 4 rings (SSSR count). The van der Waals surface area contributed by atoms with Crippen molar-refractivity contribution in [3.8, 4) is 11.1 Å². The van der Waals surface area contributed by atoms with E-state index in [0.717, 1.165) is 60.3 Å². The van der Waals surface area contributed by atoms with E-state index in [-0.39, 0.29) is 0 Å². The quantitative estimate of drug-likeness (QED) is 0.0597. The molecule has 0 saturated carbocycles. The van der Waals surface area contributed by atoms with Gasteiger partial charge in [0.05, 0.1) is 12.2 Å². The van der Waals surface area contributed by atoms with Crippen molar-refractivity contribution >= 4 is 64.9 Å². The summed E-state index contributed by atoms with van der Waals surface area (Å²) >= 11 is 1.69. The van der Waals surface area contributed by atoms with Gasteiger partial charge in [-0.05, 0) is 92.9 Å². The third kappa shape index (κ3) is 16.1. The summed E-state index contributed by atoms with van der Waals surface area (Å²) in [6, 6.07) is 29.2. The number of rotatable bonds is 18. The highest BCUT2D eigenvalue weighted by Gasteiger charge is 2.13. The van der Waals surface area contributed by atoms with Crippen LogP contribution in [0.4, 0.5) is 17.1 Å². The van der Waals surface area contributed by atoms with Crippen LogP contribution in [-0.4, -0.2) is 32.9 Å². The van der Waals surface area contributed by atoms with Gasteiger partial charge in [0.2, 0.25) is 0 Å². The van der Waals surface area contributed by atoms with E-state index < -0.39 is 0 Å². The Kier molecular flexibility index (Phi) is 24.3.